The fraction of sp³-hybridized carbons (Fsp3) is 0.500. The van der Waals surface area contributed by atoms with Crippen LogP contribution in [-0.4, -0.2) is 29.8 Å². The molecule has 2 heterocycles. The smallest absolute Gasteiger partial charge is 0.302 e. The van der Waals surface area contributed by atoms with Gasteiger partial charge in [-0.05, 0) is 42.5 Å². The number of rotatable bonds is 2. The Kier molecular flexibility index (Phi) is 5.66. The highest BCUT2D eigenvalue weighted by Gasteiger charge is 2.24. The van der Waals surface area contributed by atoms with Crippen LogP contribution in [-0.2, 0) is 27.1 Å². The van der Waals surface area contributed by atoms with Crippen molar-refractivity contribution in [2.45, 2.75) is 46.1 Å². The number of aromatic amines is 1. The molecular formula is C18H25NO4. The van der Waals surface area contributed by atoms with E-state index in [1.54, 1.807) is 0 Å². The number of aryl methyl sites for hydroxylation is 1. The van der Waals surface area contributed by atoms with Crippen LogP contribution in [0, 0.1) is 0 Å². The molecule has 1 unspecified atom stereocenters. The summed E-state index contributed by atoms with van der Waals surface area (Å²) in [6, 6.07) is 3.73. The molecule has 0 fully saturated rings. The first-order chi connectivity index (χ1) is 11.0. The molecule has 0 radical (unpaired) electrons. The second-order valence-corrected chi connectivity index (χ2v) is 5.61. The van der Waals surface area contributed by atoms with E-state index in [-0.39, 0.29) is 12.1 Å². The Labute approximate surface area is 136 Å². The molecule has 126 valence electrons. The largest absolute Gasteiger partial charge is 0.508 e. The van der Waals surface area contributed by atoms with Crippen LogP contribution >= 0.6 is 0 Å². The first-order valence-corrected chi connectivity index (χ1v) is 8.04. The second-order valence-electron chi connectivity index (χ2n) is 5.61. The summed E-state index contributed by atoms with van der Waals surface area (Å²) < 4.78 is 9.90. The predicted molar refractivity (Wildman–Crippen MR) is 89.7 cm³/mol. The molecule has 2 N–H and O–H groups in total. The van der Waals surface area contributed by atoms with Crippen LogP contribution in [0.25, 0.3) is 10.9 Å². The number of carbonyl (C=O) groups excluding carboxylic acids is 1. The quantitative estimate of drug-likeness (QED) is 0.829. The molecule has 0 aliphatic carbocycles. The van der Waals surface area contributed by atoms with Gasteiger partial charge in [0.2, 0.25) is 0 Å². The van der Waals surface area contributed by atoms with Crippen LogP contribution < -0.4 is 0 Å². The number of carbonyl (C=O) groups is 1. The van der Waals surface area contributed by atoms with Gasteiger partial charge in [0, 0.05) is 23.5 Å². The SMILES string of the molecule is CCc1cc(O)cc2c3c([nH]c12)C(CC)OCC3.COC(C)=O. The molecule has 1 atom stereocenters. The summed E-state index contributed by atoms with van der Waals surface area (Å²) in [6.07, 6.45) is 3.00. The van der Waals surface area contributed by atoms with Crippen LogP contribution in [0.1, 0.15) is 50.1 Å². The molecule has 0 saturated heterocycles. The van der Waals surface area contributed by atoms with E-state index >= 15 is 0 Å². The number of esters is 1. The molecule has 1 aliphatic heterocycles. The molecule has 5 nitrogen and oxygen atoms in total. The van der Waals surface area contributed by atoms with E-state index in [4.69, 9.17) is 4.74 Å². The first kappa shape index (κ1) is 17.3. The highest BCUT2D eigenvalue weighted by Crippen LogP contribution is 2.37. The molecule has 0 saturated carbocycles. The van der Waals surface area contributed by atoms with Crippen molar-refractivity contribution in [3.63, 3.8) is 0 Å². The van der Waals surface area contributed by atoms with Gasteiger partial charge in [0.1, 0.15) is 5.75 Å². The fourth-order valence-corrected chi connectivity index (χ4v) is 2.96. The Morgan fingerprint density at radius 2 is 2.13 bits per heavy atom. The number of aromatic nitrogens is 1. The van der Waals surface area contributed by atoms with Gasteiger partial charge in [0.15, 0.2) is 0 Å². The average Bonchev–Trinajstić information content (AvgIpc) is 2.93. The van der Waals surface area contributed by atoms with Gasteiger partial charge in [-0.1, -0.05) is 13.8 Å². The van der Waals surface area contributed by atoms with Gasteiger partial charge in [-0.2, -0.15) is 0 Å². The fourth-order valence-electron chi connectivity index (χ4n) is 2.96. The van der Waals surface area contributed by atoms with E-state index in [0.29, 0.717) is 5.75 Å². The number of nitrogens with one attached hydrogen (secondary N) is 1. The molecule has 1 aliphatic rings. The van der Waals surface area contributed by atoms with Crippen LogP contribution in [0.15, 0.2) is 12.1 Å². The molecular weight excluding hydrogens is 294 g/mol. The Morgan fingerprint density at radius 3 is 2.70 bits per heavy atom. The van der Waals surface area contributed by atoms with Crippen molar-refractivity contribution in [3.8, 4) is 5.75 Å². The van der Waals surface area contributed by atoms with E-state index in [9.17, 15) is 9.90 Å². The number of methoxy groups -OCH3 is 1. The minimum Gasteiger partial charge on any atom is -0.508 e. The van der Waals surface area contributed by atoms with Crippen molar-refractivity contribution in [3.05, 3.63) is 29.0 Å². The summed E-state index contributed by atoms with van der Waals surface area (Å²) in [5, 5.41) is 11.0. The number of aromatic hydroxyl groups is 1. The van der Waals surface area contributed by atoms with Gasteiger partial charge in [-0.25, -0.2) is 0 Å². The van der Waals surface area contributed by atoms with Crippen LogP contribution in [0.4, 0.5) is 0 Å². The lowest BCUT2D eigenvalue weighted by molar-refractivity contribution is -0.137. The normalized spacial score (nSPS) is 16.4. The summed E-state index contributed by atoms with van der Waals surface area (Å²) in [6.45, 7) is 6.39. The highest BCUT2D eigenvalue weighted by atomic mass is 16.5. The van der Waals surface area contributed by atoms with Crippen molar-refractivity contribution >= 4 is 16.9 Å². The first-order valence-electron chi connectivity index (χ1n) is 8.04. The van der Waals surface area contributed by atoms with Crippen LogP contribution in [0.5, 0.6) is 5.75 Å². The molecule has 2 aromatic rings. The molecule has 5 heteroatoms. The topological polar surface area (TPSA) is 71.6 Å². The molecule has 0 amide bonds. The molecule has 1 aromatic carbocycles. The number of hydrogen-bond acceptors (Lipinski definition) is 4. The van der Waals surface area contributed by atoms with Gasteiger partial charge in [0.25, 0.3) is 0 Å². The van der Waals surface area contributed by atoms with E-state index in [0.717, 1.165) is 25.9 Å². The Morgan fingerprint density at radius 1 is 1.43 bits per heavy atom. The van der Waals surface area contributed by atoms with Crippen molar-refractivity contribution < 1.29 is 19.4 Å². The van der Waals surface area contributed by atoms with Gasteiger partial charge >= 0.3 is 5.97 Å². The summed E-state index contributed by atoms with van der Waals surface area (Å²) >= 11 is 0. The Hall–Kier alpha value is -2.01. The van der Waals surface area contributed by atoms with Crippen molar-refractivity contribution in [1.82, 2.24) is 4.98 Å². The lowest BCUT2D eigenvalue weighted by Gasteiger charge is -2.22. The zero-order valence-corrected chi connectivity index (χ0v) is 14.2. The Bertz CT molecular complexity index is 690. The lowest BCUT2D eigenvalue weighted by Crippen LogP contribution is -2.14. The maximum absolute atomic E-state index is 9.84. The maximum atomic E-state index is 9.84. The minimum absolute atomic E-state index is 0.174. The van der Waals surface area contributed by atoms with E-state index in [1.165, 1.54) is 41.8 Å². The summed E-state index contributed by atoms with van der Waals surface area (Å²) in [5.74, 6) is 0.116. The third-order valence-corrected chi connectivity index (χ3v) is 4.15. The number of H-pyrrole nitrogens is 1. The zero-order valence-electron chi connectivity index (χ0n) is 14.2. The molecule has 0 bridgehead atoms. The number of fused-ring (bicyclic) bond motifs is 3. The van der Waals surface area contributed by atoms with Gasteiger partial charge in [-0.3, -0.25) is 4.79 Å². The predicted octanol–water partition coefficient (Wildman–Crippen LogP) is 3.64. The van der Waals surface area contributed by atoms with Gasteiger partial charge in [-0.15, -0.1) is 0 Å². The van der Waals surface area contributed by atoms with Crippen molar-refractivity contribution in [2.24, 2.45) is 0 Å². The number of benzene rings is 1. The summed E-state index contributed by atoms with van der Waals surface area (Å²) in [7, 11) is 1.35. The average molecular weight is 319 g/mol. The van der Waals surface area contributed by atoms with E-state index in [1.807, 2.05) is 12.1 Å². The van der Waals surface area contributed by atoms with Crippen LogP contribution in [0.3, 0.4) is 0 Å². The maximum Gasteiger partial charge on any atom is 0.302 e. The number of phenolic OH excluding ortho intramolecular Hbond substituents is 1. The summed E-state index contributed by atoms with van der Waals surface area (Å²) in [5.41, 5.74) is 4.88. The third kappa shape index (κ3) is 3.67. The van der Waals surface area contributed by atoms with E-state index in [2.05, 4.69) is 23.6 Å². The standard InChI is InChI=1S/C15H19NO2.C3H6O2/c1-3-9-7-10(17)8-12-11-5-6-18-13(4-2)15(11)16-14(9)12;1-3(4)5-2/h7-8,13,16-17H,3-6H2,1-2H3;1-2H3. The lowest BCUT2D eigenvalue weighted by atomic mass is 9.99. The van der Waals surface area contributed by atoms with Crippen molar-refractivity contribution in [2.75, 3.05) is 13.7 Å². The van der Waals surface area contributed by atoms with E-state index < -0.39 is 0 Å². The second kappa shape index (κ2) is 7.51. The number of ether oxygens (including phenoxy) is 2. The Balaban J connectivity index is 0.000000338. The number of phenols is 1. The third-order valence-electron chi connectivity index (χ3n) is 4.15. The highest BCUT2D eigenvalue weighted by molar-refractivity contribution is 5.89. The van der Waals surface area contributed by atoms with Crippen LogP contribution in [0.2, 0.25) is 0 Å². The minimum atomic E-state index is -0.245. The molecule has 1 aromatic heterocycles. The van der Waals surface area contributed by atoms with Gasteiger partial charge in [0.05, 0.1) is 19.8 Å². The monoisotopic (exact) mass is 319 g/mol. The van der Waals surface area contributed by atoms with Gasteiger partial charge < -0.3 is 19.6 Å². The zero-order chi connectivity index (χ0) is 17.0. The molecule has 3 rings (SSSR count). The number of hydrogen-bond donors (Lipinski definition) is 2. The molecule has 0 spiro atoms. The van der Waals surface area contributed by atoms with Crippen molar-refractivity contribution in [1.29, 1.82) is 0 Å². The molecule has 23 heavy (non-hydrogen) atoms. The summed E-state index contributed by atoms with van der Waals surface area (Å²) in [4.78, 5) is 13.1.